The Bertz CT molecular complexity index is 1830. The first-order chi connectivity index (χ1) is 24.2. The van der Waals surface area contributed by atoms with E-state index in [1.807, 2.05) is 75.5 Å². The second-order valence-electron chi connectivity index (χ2n) is 13.1. The van der Waals surface area contributed by atoms with E-state index in [-0.39, 0.29) is 23.0 Å². The van der Waals surface area contributed by atoms with Gasteiger partial charge in [0.2, 0.25) is 5.91 Å². The van der Waals surface area contributed by atoms with Crippen molar-refractivity contribution in [2.75, 3.05) is 30.4 Å². The molecule has 0 spiro atoms. The highest BCUT2D eigenvalue weighted by atomic mass is 16.2. The second-order valence-corrected chi connectivity index (χ2v) is 13.1. The normalized spacial score (nSPS) is 11.5. The van der Waals surface area contributed by atoms with Crippen molar-refractivity contribution in [2.24, 2.45) is 4.99 Å². The molecule has 0 aliphatic heterocycles. The number of aryl methyl sites for hydroxylation is 2. The maximum Gasteiger partial charge on any atom is 0.278 e. The first-order valence-electron chi connectivity index (χ1n) is 18.2. The van der Waals surface area contributed by atoms with Gasteiger partial charge in [-0.05, 0) is 81.1 Å². The molecule has 0 aliphatic carbocycles. The van der Waals surface area contributed by atoms with E-state index < -0.39 is 5.91 Å². The SMILES string of the molecule is CCN(C)c1ccc(N=C(C(=O)Nc2ccccc2C)c2nc3ccccc3c(=O)n2CCCCCCCCCCCCNC(C)=O)c(C)c1. The van der Waals surface area contributed by atoms with E-state index in [4.69, 9.17) is 9.98 Å². The molecule has 50 heavy (non-hydrogen) atoms. The van der Waals surface area contributed by atoms with Gasteiger partial charge in [-0.1, -0.05) is 81.7 Å². The van der Waals surface area contributed by atoms with Crippen molar-refractivity contribution in [3.05, 3.63) is 94.0 Å². The third-order valence-corrected chi connectivity index (χ3v) is 9.19. The third-order valence-electron chi connectivity index (χ3n) is 9.19. The van der Waals surface area contributed by atoms with Crippen LogP contribution in [0.5, 0.6) is 0 Å². The number of aliphatic imine (C=N–C) groups is 1. The molecule has 266 valence electrons. The maximum atomic E-state index is 14.2. The summed E-state index contributed by atoms with van der Waals surface area (Å²) >= 11 is 0. The van der Waals surface area contributed by atoms with Gasteiger partial charge in [-0.2, -0.15) is 0 Å². The molecule has 0 radical (unpaired) electrons. The smallest absolute Gasteiger partial charge is 0.278 e. The summed E-state index contributed by atoms with van der Waals surface area (Å²) in [6.07, 6.45) is 11.0. The average Bonchev–Trinajstić information content (AvgIpc) is 3.11. The first kappa shape index (κ1) is 38.0. The number of rotatable bonds is 19. The van der Waals surface area contributed by atoms with Crippen molar-refractivity contribution in [1.29, 1.82) is 0 Å². The van der Waals surface area contributed by atoms with E-state index in [0.29, 0.717) is 28.8 Å². The van der Waals surface area contributed by atoms with Crippen LogP contribution in [0.1, 0.15) is 95.0 Å². The Labute approximate surface area is 297 Å². The molecule has 0 bridgehead atoms. The van der Waals surface area contributed by atoms with Crippen LogP contribution in [0.2, 0.25) is 0 Å². The summed E-state index contributed by atoms with van der Waals surface area (Å²) < 4.78 is 1.65. The Kier molecular flexibility index (Phi) is 14.8. The second kappa shape index (κ2) is 19.4. The van der Waals surface area contributed by atoms with Crippen molar-refractivity contribution in [3.63, 3.8) is 0 Å². The molecule has 2 N–H and O–H groups in total. The number of fused-ring (bicyclic) bond motifs is 1. The minimum atomic E-state index is -0.417. The largest absolute Gasteiger partial charge is 0.375 e. The van der Waals surface area contributed by atoms with Gasteiger partial charge >= 0.3 is 0 Å². The molecular weight excluding hydrogens is 624 g/mol. The predicted molar refractivity (Wildman–Crippen MR) is 207 cm³/mol. The van der Waals surface area contributed by atoms with Gasteiger partial charge in [0.05, 0.1) is 16.6 Å². The van der Waals surface area contributed by atoms with Gasteiger partial charge in [0.25, 0.3) is 11.5 Å². The molecule has 1 heterocycles. The number of hydrogen-bond donors (Lipinski definition) is 2. The fourth-order valence-electron chi connectivity index (χ4n) is 6.03. The van der Waals surface area contributed by atoms with Crippen molar-refractivity contribution < 1.29 is 9.59 Å². The lowest BCUT2D eigenvalue weighted by Gasteiger charge is -2.18. The topological polar surface area (TPSA) is 109 Å². The fraction of sp³-hybridized carbons (Fsp3) is 0.439. The number of benzene rings is 3. The monoisotopic (exact) mass is 678 g/mol. The molecule has 0 saturated heterocycles. The van der Waals surface area contributed by atoms with Crippen molar-refractivity contribution in [2.45, 2.75) is 98.4 Å². The lowest BCUT2D eigenvalue weighted by molar-refractivity contribution is -0.119. The van der Waals surface area contributed by atoms with Gasteiger partial charge in [0, 0.05) is 45.0 Å². The van der Waals surface area contributed by atoms with Crippen molar-refractivity contribution >= 4 is 45.5 Å². The van der Waals surface area contributed by atoms with Crippen LogP contribution in [0.25, 0.3) is 10.9 Å². The minimum Gasteiger partial charge on any atom is -0.375 e. The number of nitrogens with zero attached hydrogens (tertiary/aromatic N) is 4. The maximum absolute atomic E-state index is 14.2. The zero-order chi connectivity index (χ0) is 35.9. The molecule has 9 nitrogen and oxygen atoms in total. The number of anilines is 2. The number of amides is 2. The third kappa shape index (κ3) is 10.9. The van der Waals surface area contributed by atoms with Gasteiger partial charge in [-0.25, -0.2) is 9.98 Å². The first-order valence-corrected chi connectivity index (χ1v) is 18.2. The van der Waals surface area contributed by atoms with E-state index in [0.717, 1.165) is 68.4 Å². The molecule has 0 atom stereocenters. The fourth-order valence-corrected chi connectivity index (χ4v) is 6.03. The summed E-state index contributed by atoms with van der Waals surface area (Å²) in [4.78, 5) is 51.2. The lowest BCUT2D eigenvalue weighted by Crippen LogP contribution is -2.34. The van der Waals surface area contributed by atoms with Gasteiger partial charge < -0.3 is 15.5 Å². The number of carbonyl (C=O) groups is 2. The molecule has 0 fully saturated rings. The molecule has 2 amide bonds. The predicted octanol–water partition coefficient (Wildman–Crippen LogP) is 8.27. The van der Waals surface area contributed by atoms with Crippen molar-refractivity contribution in [3.8, 4) is 0 Å². The summed E-state index contributed by atoms with van der Waals surface area (Å²) in [6, 6.07) is 20.9. The number of aromatic nitrogens is 2. The molecule has 3 aromatic carbocycles. The summed E-state index contributed by atoms with van der Waals surface area (Å²) in [7, 11) is 2.04. The van der Waals surface area contributed by atoms with E-state index in [2.05, 4.69) is 28.5 Å². The number of para-hydroxylation sites is 2. The zero-order valence-corrected chi connectivity index (χ0v) is 30.6. The van der Waals surface area contributed by atoms with E-state index in [1.54, 1.807) is 17.6 Å². The van der Waals surface area contributed by atoms with Gasteiger partial charge in [-0.3, -0.25) is 19.0 Å². The molecule has 0 saturated carbocycles. The lowest BCUT2D eigenvalue weighted by atomic mass is 10.1. The Balaban J connectivity index is 1.55. The molecule has 4 aromatic rings. The van der Waals surface area contributed by atoms with Crippen LogP contribution in [0, 0.1) is 13.8 Å². The molecule has 1 aromatic heterocycles. The van der Waals surface area contributed by atoms with Crippen LogP contribution in [0.3, 0.4) is 0 Å². The molecule has 9 heteroatoms. The van der Waals surface area contributed by atoms with Crippen LogP contribution in [0.15, 0.2) is 76.5 Å². The van der Waals surface area contributed by atoms with Crippen molar-refractivity contribution in [1.82, 2.24) is 14.9 Å². The number of nitrogens with one attached hydrogen (secondary N) is 2. The summed E-state index contributed by atoms with van der Waals surface area (Å²) in [5.74, 6) is -0.108. The zero-order valence-electron chi connectivity index (χ0n) is 30.6. The Morgan fingerprint density at radius 1 is 0.820 bits per heavy atom. The number of unbranched alkanes of at least 4 members (excludes halogenated alkanes) is 9. The van der Waals surface area contributed by atoms with Gasteiger partial charge in [0.1, 0.15) is 0 Å². The summed E-state index contributed by atoms with van der Waals surface area (Å²) in [5, 5.41) is 6.43. The number of carbonyl (C=O) groups excluding carboxylic acids is 2. The Hall–Kier alpha value is -4.79. The standard InChI is InChI=1S/C41H54N6O3/c1-6-46(5)33-25-26-36(31(3)29-33)43-38(40(49)45-35-23-17-15-21-30(35)2)39-44-37-24-18-16-22-34(37)41(50)47(39)28-20-14-12-10-8-7-9-11-13-19-27-42-32(4)48/h15-18,21-26,29H,6-14,19-20,27-28H2,1-5H3,(H,42,48)(H,45,49). The highest BCUT2D eigenvalue weighted by Crippen LogP contribution is 2.26. The van der Waals surface area contributed by atoms with Crippen LogP contribution >= 0.6 is 0 Å². The van der Waals surface area contributed by atoms with Crippen LogP contribution in [-0.4, -0.2) is 47.2 Å². The van der Waals surface area contributed by atoms with Crippen LogP contribution in [0.4, 0.5) is 17.1 Å². The Morgan fingerprint density at radius 2 is 1.46 bits per heavy atom. The van der Waals surface area contributed by atoms with Crippen LogP contribution in [-0.2, 0) is 16.1 Å². The molecular formula is C41H54N6O3. The molecule has 0 aliphatic rings. The number of hydrogen-bond acceptors (Lipinski definition) is 6. The highest BCUT2D eigenvalue weighted by Gasteiger charge is 2.23. The average molecular weight is 679 g/mol. The molecule has 4 rings (SSSR count). The van der Waals surface area contributed by atoms with Gasteiger partial charge in [-0.15, -0.1) is 0 Å². The Morgan fingerprint density at radius 3 is 2.12 bits per heavy atom. The van der Waals surface area contributed by atoms with E-state index in [9.17, 15) is 14.4 Å². The van der Waals surface area contributed by atoms with Gasteiger partial charge in [0.15, 0.2) is 11.5 Å². The summed E-state index contributed by atoms with van der Waals surface area (Å²) in [5.41, 5.74) is 4.71. The summed E-state index contributed by atoms with van der Waals surface area (Å²) in [6.45, 7) is 9.65. The van der Waals surface area contributed by atoms with E-state index >= 15 is 0 Å². The quantitative estimate of drug-likeness (QED) is 0.0767. The molecule has 0 unspecified atom stereocenters. The van der Waals surface area contributed by atoms with Crippen LogP contribution < -0.4 is 21.1 Å². The minimum absolute atomic E-state index is 0.0385. The van der Waals surface area contributed by atoms with E-state index in [1.165, 1.54) is 25.7 Å². The highest BCUT2D eigenvalue weighted by molar-refractivity contribution is 6.48.